The molecular formula is C26H36N4O2. The van der Waals surface area contributed by atoms with Gasteiger partial charge in [0.2, 0.25) is 0 Å². The first-order valence-corrected chi connectivity index (χ1v) is 12.1. The van der Waals surface area contributed by atoms with Gasteiger partial charge in [0.05, 0.1) is 5.69 Å². The molecule has 1 aliphatic heterocycles. The lowest BCUT2D eigenvalue weighted by molar-refractivity contribution is 0.0187. The molecule has 2 fully saturated rings. The highest BCUT2D eigenvalue weighted by Gasteiger charge is 2.52. The van der Waals surface area contributed by atoms with Gasteiger partial charge in [0.25, 0.3) is 0 Å². The van der Waals surface area contributed by atoms with Gasteiger partial charge in [-0.1, -0.05) is 30.3 Å². The Morgan fingerprint density at radius 1 is 1.28 bits per heavy atom. The molecule has 0 radical (unpaired) electrons. The van der Waals surface area contributed by atoms with Crippen LogP contribution in [0.4, 0.5) is 4.79 Å². The van der Waals surface area contributed by atoms with Crippen molar-refractivity contribution in [2.24, 2.45) is 5.41 Å². The highest BCUT2D eigenvalue weighted by Crippen LogP contribution is 2.51. The predicted octanol–water partition coefficient (Wildman–Crippen LogP) is 4.49. The molecule has 0 bridgehead atoms. The average Bonchev–Trinajstić information content (AvgIpc) is 3.61. The Kier molecular flexibility index (Phi) is 5.52. The number of nitrogens with one attached hydrogen (secondary N) is 1. The first-order valence-electron chi connectivity index (χ1n) is 12.1. The van der Waals surface area contributed by atoms with Gasteiger partial charge in [0, 0.05) is 56.2 Å². The molecule has 6 nitrogen and oxygen atoms in total. The number of rotatable bonds is 8. The minimum atomic E-state index is -0.482. The summed E-state index contributed by atoms with van der Waals surface area (Å²) in [5.74, 6) is 1.64. The standard InChI is InChI=1S/C26H36N4O2/c1-25(2,3)32-24(31)30(22-14-21(22)19-8-5-4-6-9-19)18-26(11-12-26)17-27-15-20-16-28-23-10-7-13-29(20)23/h4-6,8-9,16,21-22,27H,7,10-15,17-18H2,1-3H3/t21?,22-/m0/s1. The molecule has 32 heavy (non-hydrogen) atoms. The van der Waals surface area contributed by atoms with Gasteiger partial charge in [-0.05, 0) is 52.0 Å². The van der Waals surface area contributed by atoms with Crippen molar-refractivity contribution in [2.45, 2.75) is 83.5 Å². The van der Waals surface area contributed by atoms with E-state index in [0.717, 1.165) is 51.9 Å². The molecule has 1 aromatic heterocycles. The van der Waals surface area contributed by atoms with Crippen LogP contribution in [-0.2, 0) is 24.2 Å². The van der Waals surface area contributed by atoms with Gasteiger partial charge >= 0.3 is 6.09 Å². The van der Waals surface area contributed by atoms with Crippen molar-refractivity contribution in [3.8, 4) is 0 Å². The van der Waals surface area contributed by atoms with E-state index in [4.69, 9.17) is 4.74 Å². The molecule has 172 valence electrons. The van der Waals surface area contributed by atoms with Crippen LogP contribution in [-0.4, -0.2) is 45.3 Å². The summed E-state index contributed by atoms with van der Waals surface area (Å²) in [4.78, 5) is 19.8. The lowest BCUT2D eigenvalue weighted by Crippen LogP contribution is -2.44. The summed E-state index contributed by atoms with van der Waals surface area (Å²) in [6.45, 7) is 9.47. The number of hydrogen-bond acceptors (Lipinski definition) is 4. The third kappa shape index (κ3) is 4.70. The second kappa shape index (κ2) is 8.22. The average molecular weight is 437 g/mol. The van der Waals surface area contributed by atoms with Crippen molar-refractivity contribution in [2.75, 3.05) is 13.1 Å². The number of imidazole rings is 1. The number of aryl methyl sites for hydroxylation is 1. The van der Waals surface area contributed by atoms with E-state index >= 15 is 0 Å². The molecule has 0 saturated heterocycles. The van der Waals surface area contributed by atoms with Crippen LogP contribution in [0.1, 0.15) is 69.5 Å². The van der Waals surface area contributed by atoms with Crippen molar-refractivity contribution >= 4 is 6.09 Å². The number of carbonyl (C=O) groups excluding carboxylic acids is 1. The lowest BCUT2D eigenvalue weighted by Gasteiger charge is -2.31. The van der Waals surface area contributed by atoms with Crippen LogP contribution in [0.25, 0.3) is 0 Å². The molecule has 3 aliphatic rings. The van der Waals surface area contributed by atoms with Gasteiger partial charge in [-0.2, -0.15) is 0 Å². The van der Waals surface area contributed by atoms with Gasteiger partial charge < -0.3 is 19.5 Å². The van der Waals surface area contributed by atoms with Gasteiger partial charge in [-0.3, -0.25) is 0 Å². The zero-order valence-corrected chi connectivity index (χ0v) is 19.6. The number of benzene rings is 1. The molecular weight excluding hydrogens is 400 g/mol. The quantitative estimate of drug-likeness (QED) is 0.662. The van der Waals surface area contributed by atoms with Crippen molar-refractivity contribution in [1.29, 1.82) is 0 Å². The zero-order chi connectivity index (χ0) is 22.3. The minimum Gasteiger partial charge on any atom is -0.444 e. The summed E-state index contributed by atoms with van der Waals surface area (Å²) in [5, 5.41) is 3.68. The van der Waals surface area contributed by atoms with Crippen molar-refractivity contribution in [1.82, 2.24) is 19.8 Å². The Hall–Kier alpha value is -2.34. The van der Waals surface area contributed by atoms with Gasteiger partial charge in [0.15, 0.2) is 0 Å². The number of ether oxygens (including phenoxy) is 1. The first kappa shape index (κ1) is 21.5. The Labute approximate surface area is 191 Å². The van der Waals surface area contributed by atoms with Crippen molar-refractivity contribution in [3.05, 3.63) is 53.6 Å². The lowest BCUT2D eigenvalue weighted by atomic mass is 10.1. The van der Waals surface area contributed by atoms with Crippen LogP contribution in [0.2, 0.25) is 0 Å². The smallest absolute Gasteiger partial charge is 0.410 e. The first-order chi connectivity index (χ1) is 15.3. The summed E-state index contributed by atoms with van der Waals surface area (Å²) in [5.41, 5.74) is 2.28. The SMILES string of the molecule is CC(C)(C)OC(=O)N(CC1(CNCc2cnc3n2CCC3)CC1)[C@H]1CC1c1ccccc1. The summed E-state index contributed by atoms with van der Waals surface area (Å²) in [7, 11) is 0. The van der Waals surface area contributed by atoms with Gasteiger partial charge in [0.1, 0.15) is 11.4 Å². The monoisotopic (exact) mass is 436 g/mol. The van der Waals surface area contributed by atoms with Gasteiger partial charge in [-0.25, -0.2) is 9.78 Å². The molecule has 2 saturated carbocycles. The third-order valence-electron chi connectivity index (χ3n) is 7.08. The molecule has 1 amide bonds. The van der Waals surface area contributed by atoms with Crippen LogP contribution in [0.5, 0.6) is 0 Å². The normalized spacial score (nSPS) is 23.0. The molecule has 6 heteroatoms. The number of hydrogen-bond donors (Lipinski definition) is 1. The second-order valence-corrected chi connectivity index (χ2v) is 11.0. The van der Waals surface area contributed by atoms with Crippen LogP contribution >= 0.6 is 0 Å². The van der Waals surface area contributed by atoms with Crippen molar-refractivity contribution < 1.29 is 9.53 Å². The highest BCUT2D eigenvalue weighted by atomic mass is 16.6. The molecule has 2 atom stereocenters. The molecule has 1 aromatic carbocycles. The Bertz CT molecular complexity index is 958. The Morgan fingerprint density at radius 3 is 2.78 bits per heavy atom. The number of fused-ring (bicyclic) bond motifs is 1. The highest BCUT2D eigenvalue weighted by molar-refractivity contribution is 5.69. The van der Waals surface area contributed by atoms with Crippen LogP contribution < -0.4 is 5.32 Å². The van der Waals surface area contributed by atoms with E-state index in [9.17, 15) is 4.79 Å². The van der Waals surface area contributed by atoms with Crippen molar-refractivity contribution in [3.63, 3.8) is 0 Å². The molecule has 2 aliphatic carbocycles. The number of aromatic nitrogens is 2. The number of amides is 1. The van der Waals surface area contributed by atoms with E-state index in [-0.39, 0.29) is 17.6 Å². The second-order valence-electron chi connectivity index (χ2n) is 11.0. The molecule has 1 N–H and O–H groups in total. The molecule has 2 heterocycles. The third-order valence-corrected chi connectivity index (χ3v) is 7.08. The van der Waals surface area contributed by atoms with E-state index in [0.29, 0.717) is 5.92 Å². The Balaban J connectivity index is 1.23. The molecule has 0 spiro atoms. The van der Waals surface area contributed by atoms with E-state index in [1.165, 1.54) is 23.5 Å². The maximum atomic E-state index is 13.2. The molecule has 2 aromatic rings. The van der Waals surface area contributed by atoms with Gasteiger partial charge in [-0.15, -0.1) is 0 Å². The maximum Gasteiger partial charge on any atom is 0.410 e. The summed E-state index contributed by atoms with van der Waals surface area (Å²) >= 11 is 0. The minimum absolute atomic E-state index is 0.161. The fraction of sp³-hybridized carbons (Fsp3) is 0.615. The fourth-order valence-electron chi connectivity index (χ4n) is 5.07. The molecule has 1 unspecified atom stereocenters. The van der Waals surface area contributed by atoms with Crippen LogP contribution in [0.3, 0.4) is 0 Å². The van der Waals surface area contributed by atoms with E-state index in [1.54, 1.807) is 0 Å². The summed E-state index contributed by atoms with van der Waals surface area (Å²) in [6, 6.07) is 10.8. The number of carbonyl (C=O) groups is 1. The van der Waals surface area contributed by atoms with E-state index < -0.39 is 5.60 Å². The summed E-state index contributed by atoms with van der Waals surface area (Å²) < 4.78 is 8.18. The number of nitrogens with zero attached hydrogens (tertiary/aromatic N) is 3. The van der Waals surface area contributed by atoms with E-state index in [1.807, 2.05) is 37.9 Å². The topological polar surface area (TPSA) is 59.4 Å². The maximum absolute atomic E-state index is 13.2. The zero-order valence-electron chi connectivity index (χ0n) is 19.6. The fourth-order valence-corrected chi connectivity index (χ4v) is 5.07. The largest absolute Gasteiger partial charge is 0.444 e. The van der Waals surface area contributed by atoms with Crippen LogP contribution in [0, 0.1) is 5.41 Å². The Morgan fingerprint density at radius 2 is 2.06 bits per heavy atom. The predicted molar refractivity (Wildman–Crippen MR) is 124 cm³/mol. The van der Waals surface area contributed by atoms with E-state index in [2.05, 4.69) is 39.1 Å². The van der Waals surface area contributed by atoms with Crippen LogP contribution in [0.15, 0.2) is 36.5 Å². The summed E-state index contributed by atoms with van der Waals surface area (Å²) in [6.07, 6.45) is 7.49. The molecule has 5 rings (SSSR count).